The minimum atomic E-state index is -4.67. The summed E-state index contributed by atoms with van der Waals surface area (Å²) in [4.78, 5) is 3.82. The fourth-order valence-electron chi connectivity index (χ4n) is 5.17. The van der Waals surface area contributed by atoms with E-state index in [2.05, 4.69) is 13.8 Å². The van der Waals surface area contributed by atoms with Crippen molar-refractivity contribution in [2.24, 2.45) is 0 Å². The first-order valence-corrected chi connectivity index (χ1v) is 20.6. The van der Waals surface area contributed by atoms with Gasteiger partial charge in [-0.2, -0.15) is 8.42 Å². The van der Waals surface area contributed by atoms with Crippen molar-refractivity contribution < 1.29 is 47.4 Å². The van der Waals surface area contributed by atoms with Gasteiger partial charge in [0.1, 0.15) is 0 Å². The van der Waals surface area contributed by atoms with Crippen LogP contribution in [-0.2, 0) is 19.9 Å². The highest BCUT2D eigenvalue weighted by Gasteiger charge is 2.08. The van der Waals surface area contributed by atoms with Gasteiger partial charge in [-0.25, -0.2) is 0 Å². The van der Waals surface area contributed by atoms with Crippen molar-refractivity contribution >= 4 is 10.4 Å². The second-order valence-electron chi connectivity index (χ2n) is 13.2. The van der Waals surface area contributed by atoms with Crippen molar-refractivity contribution in [2.45, 2.75) is 154 Å². The lowest BCUT2D eigenvalue weighted by atomic mass is 10.1. The zero-order valence-corrected chi connectivity index (χ0v) is 32.8. The Morgan fingerprint density at radius 3 is 1.00 bits per heavy atom. The van der Waals surface area contributed by atoms with E-state index in [0.717, 1.165) is 26.1 Å². The van der Waals surface area contributed by atoms with Crippen molar-refractivity contribution in [3.63, 3.8) is 0 Å². The van der Waals surface area contributed by atoms with Crippen LogP contribution in [0.25, 0.3) is 0 Å². The van der Waals surface area contributed by atoms with Gasteiger partial charge in [-0.15, -0.1) is 0 Å². The van der Waals surface area contributed by atoms with Gasteiger partial charge in [0.25, 0.3) is 0 Å². The molecule has 0 fully saturated rings. The molecule has 49 heavy (non-hydrogen) atoms. The molecule has 0 saturated heterocycles. The Kier molecular flexibility index (Phi) is 45.3. The maximum absolute atomic E-state index is 9.76. The summed E-state index contributed by atoms with van der Waals surface area (Å²) in [5.74, 6) is 0. The number of rotatable bonds is 34. The topological polar surface area (TPSA) is 180 Å². The smallest absolute Gasteiger partial charge is 0.394 e. The van der Waals surface area contributed by atoms with Crippen molar-refractivity contribution in [3.05, 3.63) is 0 Å². The van der Waals surface area contributed by atoms with Crippen molar-refractivity contribution in [1.82, 2.24) is 9.80 Å². The van der Waals surface area contributed by atoms with E-state index in [0.29, 0.717) is 39.4 Å². The van der Waals surface area contributed by atoms with Crippen LogP contribution in [0.1, 0.15) is 142 Å². The molecule has 0 heterocycles. The minimum absolute atomic E-state index is 0.128. The lowest BCUT2D eigenvalue weighted by Crippen LogP contribution is -2.34. The first-order chi connectivity index (χ1) is 23.4. The summed E-state index contributed by atoms with van der Waals surface area (Å²) in [7, 11) is -0.886. The number of ether oxygens (including phenoxy) is 2. The average Bonchev–Trinajstić information content (AvgIpc) is 3.02. The zero-order valence-electron chi connectivity index (χ0n) is 32.0. The lowest BCUT2D eigenvalue weighted by Gasteiger charge is -2.19. The van der Waals surface area contributed by atoms with E-state index in [1.807, 2.05) is 23.9 Å². The van der Waals surface area contributed by atoms with Gasteiger partial charge in [-0.1, -0.05) is 129 Å². The van der Waals surface area contributed by atoms with Crippen LogP contribution in [0, 0.1) is 0 Å². The Labute approximate surface area is 301 Å². The third kappa shape index (κ3) is 57.1. The molecule has 0 saturated carbocycles. The van der Waals surface area contributed by atoms with Gasteiger partial charge in [0.2, 0.25) is 0 Å². The third-order valence-electron chi connectivity index (χ3n) is 7.91. The highest BCUT2D eigenvalue weighted by molar-refractivity contribution is 7.79. The summed E-state index contributed by atoms with van der Waals surface area (Å²) >= 11 is 0. The number of aliphatic hydroxyl groups excluding tert-OH is 4. The SMILES string of the molecule is CCCCCCCCCCCCOCC(O)CN(C)CCO.CCCCCCCCCCCCOCC(O)CN(C)CCO.O=S(=O)(O)O. The molecule has 2 atom stereocenters. The summed E-state index contributed by atoms with van der Waals surface area (Å²) < 4.78 is 42.6. The summed E-state index contributed by atoms with van der Waals surface area (Å²) in [5.41, 5.74) is 0. The van der Waals surface area contributed by atoms with E-state index in [-0.39, 0.29) is 13.2 Å². The molecule has 13 heteroatoms. The summed E-state index contributed by atoms with van der Waals surface area (Å²) in [6, 6.07) is 0. The molecule has 0 aromatic rings. The van der Waals surface area contributed by atoms with E-state index in [1.54, 1.807) is 0 Å². The van der Waals surface area contributed by atoms with Crippen LogP contribution >= 0.6 is 0 Å². The predicted octanol–water partition coefficient (Wildman–Crippen LogP) is 5.77. The maximum atomic E-state index is 9.76. The molecule has 300 valence electrons. The number of aliphatic hydroxyl groups is 4. The Morgan fingerprint density at radius 2 is 0.755 bits per heavy atom. The molecule has 0 aliphatic rings. The van der Waals surface area contributed by atoms with Crippen LogP contribution in [-0.4, -0.2) is 140 Å². The van der Waals surface area contributed by atoms with Gasteiger partial charge >= 0.3 is 10.4 Å². The van der Waals surface area contributed by atoms with Crippen molar-refractivity contribution in [3.8, 4) is 0 Å². The van der Waals surface area contributed by atoms with Gasteiger partial charge in [0.15, 0.2) is 0 Å². The summed E-state index contributed by atoms with van der Waals surface area (Å²) in [6.45, 7) is 9.35. The number of unbranched alkanes of at least 4 members (excludes halogenated alkanes) is 18. The molecular formula is C36H80N2O10S. The number of hydrogen-bond donors (Lipinski definition) is 6. The van der Waals surface area contributed by atoms with Gasteiger partial charge in [0.05, 0.1) is 38.6 Å². The quantitative estimate of drug-likeness (QED) is 0.0348. The van der Waals surface area contributed by atoms with Gasteiger partial charge in [-0.05, 0) is 26.9 Å². The van der Waals surface area contributed by atoms with Crippen LogP contribution < -0.4 is 0 Å². The number of likely N-dealkylation sites (N-methyl/N-ethyl adjacent to an activating group) is 2. The lowest BCUT2D eigenvalue weighted by molar-refractivity contribution is 0.0175. The van der Waals surface area contributed by atoms with Gasteiger partial charge in [0, 0.05) is 39.4 Å². The Hall–Kier alpha value is -0.450. The van der Waals surface area contributed by atoms with Crippen LogP contribution in [0.15, 0.2) is 0 Å². The van der Waals surface area contributed by atoms with E-state index >= 15 is 0 Å². The first kappa shape index (κ1) is 52.9. The normalized spacial score (nSPS) is 12.8. The monoisotopic (exact) mass is 733 g/mol. The van der Waals surface area contributed by atoms with Crippen molar-refractivity contribution in [2.75, 3.05) is 79.9 Å². The highest BCUT2D eigenvalue weighted by Crippen LogP contribution is 2.11. The first-order valence-electron chi connectivity index (χ1n) is 19.2. The second-order valence-corrected chi connectivity index (χ2v) is 14.1. The highest BCUT2D eigenvalue weighted by atomic mass is 32.3. The molecule has 0 aromatic carbocycles. The third-order valence-corrected chi connectivity index (χ3v) is 7.91. The van der Waals surface area contributed by atoms with Crippen LogP contribution in [0.2, 0.25) is 0 Å². The van der Waals surface area contributed by atoms with Gasteiger partial charge < -0.3 is 39.7 Å². The molecule has 0 aliphatic heterocycles. The van der Waals surface area contributed by atoms with E-state index in [4.69, 9.17) is 37.2 Å². The zero-order chi connectivity index (χ0) is 37.4. The predicted molar refractivity (Wildman–Crippen MR) is 201 cm³/mol. The molecule has 0 rings (SSSR count). The van der Waals surface area contributed by atoms with E-state index in [9.17, 15) is 10.2 Å². The second kappa shape index (κ2) is 42.0. The molecule has 0 bridgehead atoms. The Morgan fingerprint density at radius 1 is 0.510 bits per heavy atom. The Balaban J connectivity index is -0.000000757. The molecule has 0 spiro atoms. The molecular weight excluding hydrogens is 652 g/mol. The maximum Gasteiger partial charge on any atom is 0.394 e. The minimum Gasteiger partial charge on any atom is -0.395 e. The van der Waals surface area contributed by atoms with Crippen LogP contribution in [0.4, 0.5) is 0 Å². The molecule has 2 unspecified atom stereocenters. The van der Waals surface area contributed by atoms with E-state index < -0.39 is 22.6 Å². The molecule has 12 nitrogen and oxygen atoms in total. The molecule has 0 amide bonds. The number of hydrogen-bond acceptors (Lipinski definition) is 10. The average molecular weight is 733 g/mol. The summed E-state index contributed by atoms with van der Waals surface area (Å²) in [6.07, 6.45) is 25.6. The van der Waals surface area contributed by atoms with Crippen molar-refractivity contribution in [1.29, 1.82) is 0 Å². The van der Waals surface area contributed by atoms with E-state index in [1.165, 1.54) is 116 Å². The fourth-order valence-corrected chi connectivity index (χ4v) is 5.17. The summed E-state index contributed by atoms with van der Waals surface area (Å²) in [5, 5.41) is 37.1. The van der Waals surface area contributed by atoms with Crippen LogP contribution in [0.5, 0.6) is 0 Å². The largest absolute Gasteiger partial charge is 0.395 e. The molecule has 6 N–H and O–H groups in total. The molecule has 0 aromatic heterocycles. The standard InChI is InChI=1S/2C18H39NO3.H2O4S/c2*1-3-4-5-6-7-8-9-10-11-12-15-22-17-18(21)16-19(2)13-14-20;1-5(2,3)4/h2*18,20-21H,3-17H2,1-2H3;(H2,1,2,3,4). The van der Waals surface area contributed by atoms with Gasteiger partial charge in [-0.3, -0.25) is 9.11 Å². The molecule has 0 radical (unpaired) electrons. The number of nitrogens with zero attached hydrogens (tertiary/aromatic N) is 2. The van der Waals surface area contributed by atoms with Crippen LogP contribution in [0.3, 0.4) is 0 Å². The molecule has 0 aliphatic carbocycles. The fraction of sp³-hybridized carbons (Fsp3) is 1.00. The Bertz CT molecular complexity index is 670.